The van der Waals surface area contributed by atoms with Gasteiger partial charge in [-0.1, -0.05) is 18.2 Å². The van der Waals surface area contributed by atoms with Gasteiger partial charge < -0.3 is 10.5 Å². The number of hydrogen-bond donors (Lipinski definition) is 1. The maximum absolute atomic E-state index is 11.4. The van der Waals surface area contributed by atoms with E-state index in [1.807, 2.05) is 0 Å². The number of carbonyl (C=O) groups is 1. The second-order valence-electron chi connectivity index (χ2n) is 5.00. The molecule has 0 aromatic rings. The fourth-order valence-corrected chi connectivity index (χ4v) is 1.41. The van der Waals surface area contributed by atoms with Gasteiger partial charge in [0.1, 0.15) is 5.60 Å². The Bertz CT molecular complexity index is 429. The first-order valence-electron chi connectivity index (χ1n) is 5.52. The van der Waals surface area contributed by atoms with Gasteiger partial charge in [-0.05, 0) is 20.8 Å². The smallest absolute Gasteiger partial charge is 0.308 e. The van der Waals surface area contributed by atoms with Crippen molar-refractivity contribution in [1.29, 1.82) is 0 Å². The topological polar surface area (TPSA) is 86.5 Å². The minimum absolute atomic E-state index is 0.0560. The number of allylic oxidation sites excluding steroid dienone is 2. The number of esters is 1. The zero-order valence-corrected chi connectivity index (χ0v) is 12.0. The van der Waals surface area contributed by atoms with E-state index in [0.29, 0.717) is 0 Å². The largest absolute Gasteiger partial charge is 0.460 e. The minimum Gasteiger partial charge on any atom is -0.460 e. The van der Waals surface area contributed by atoms with Crippen LogP contribution in [-0.4, -0.2) is 32.3 Å². The van der Waals surface area contributed by atoms with Crippen molar-refractivity contribution in [1.82, 2.24) is 0 Å². The van der Waals surface area contributed by atoms with Crippen LogP contribution in [0.5, 0.6) is 0 Å². The van der Waals surface area contributed by atoms with Crippen molar-refractivity contribution in [2.75, 3.05) is 6.26 Å². The van der Waals surface area contributed by atoms with Crippen molar-refractivity contribution in [2.45, 2.75) is 38.8 Å². The first kappa shape index (κ1) is 16.9. The number of nitrogens with two attached hydrogens (primary N) is 1. The van der Waals surface area contributed by atoms with Crippen LogP contribution in [0.2, 0.25) is 0 Å². The number of hydrogen-bond acceptors (Lipinski definition) is 5. The molecule has 0 bridgehead atoms. The van der Waals surface area contributed by atoms with Crippen molar-refractivity contribution in [2.24, 2.45) is 5.73 Å². The van der Waals surface area contributed by atoms with Gasteiger partial charge in [-0.3, -0.25) is 4.79 Å². The Morgan fingerprint density at radius 1 is 1.33 bits per heavy atom. The van der Waals surface area contributed by atoms with E-state index in [-0.39, 0.29) is 12.4 Å². The lowest BCUT2D eigenvalue weighted by molar-refractivity contribution is -0.154. The van der Waals surface area contributed by atoms with Crippen LogP contribution in [0.1, 0.15) is 27.2 Å². The molecule has 0 aliphatic rings. The molecule has 0 spiro atoms. The molecule has 6 heteroatoms. The van der Waals surface area contributed by atoms with E-state index >= 15 is 0 Å². The number of carbonyl (C=O) groups excluding carboxylic acids is 1. The standard InChI is InChI=1S/C12H21NO4S/c1-12(2,3)17-11(14)9-10(13)7-5-6-8-18(4,15)16/h5-8,10H,9,13H2,1-4H3/t10-/m1/s1. The highest BCUT2D eigenvalue weighted by Gasteiger charge is 2.17. The predicted molar refractivity (Wildman–Crippen MR) is 71.6 cm³/mol. The first-order valence-corrected chi connectivity index (χ1v) is 7.47. The molecule has 2 N–H and O–H groups in total. The van der Waals surface area contributed by atoms with Gasteiger partial charge in [0.2, 0.25) is 0 Å². The van der Waals surface area contributed by atoms with Crippen LogP contribution >= 0.6 is 0 Å². The summed E-state index contributed by atoms with van der Waals surface area (Å²) in [5.74, 6) is -0.383. The zero-order chi connectivity index (χ0) is 14.4. The van der Waals surface area contributed by atoms with E-state index in [9.17, 15) is 13.2 Å². The number of ether oxygens (including phenoxy) is 1. The molecule has 0 saturated carbocycles. The van der Waals surface area contributed by atoms with Crippen LogP contribution < -0.4 is 5.73 Å². The predicted octanol–water partition coefficient (Wildman–Crippen LogP) is 1.16. The maximum Gasteiger partial charge on any atom is 0.308 e. The van der Waals surface area contributed by atoms with Gasteiger partial charge in [-0.25, -0.2) is 8.42 Å². The van der Waals surface area contributed by atoms with Crippen LogP contribution in [0.15, 0.2) is 23.6 Å². The van der Waals surface area contributed by atoms with Gasteiger partial charge in [-0.2, -0.15) is 0 Å². The van der Waals surface area contributed by atoms with Crippen LogP contribution in [0.4, 0.5) is 0 Å². The summed E-state index contributed by atoms with van der Waals surface area (Å²) in [7, 11) is -3.13. The highest BCUT2D eigenvalue weighted by molar-refractivity contribution is 7.93. The maximum atomic E-state index is 11.4. The summed E-state index contributed by atoms with van der Waals surface area (Å²) in [6, 6.07) is -0.496. The van der Waals surface area contributed by atoms with E-state index in [2.05, 4.69) is 0 Å². The molecule has 0 rings (SSSR count). The molecular weight excluding hydrogens is 254 g/mol. The second-order valence-corrected chi connectivity index (χ2v) is 6.93. The van der Waals surface area contributed by atoms with Crippen molar-refractivity contribution < 1.29 is 17.9 Å². The lowest BCUT2D eigenvalue weighted by atomic mass is 10.1. The number of sulfone groups is 1. The molecular formula is C12H21NO4S. The van der Waals surface area contributed by atoms with E-state index < -0.39 is 21.5 Å². The summed E-state index contributed by atoms with van der Waals surface area (Å²) in [6.07, 6.45) is 5.56. The van der Waals surface area contributed by atoms with Gasteiger partial charge in [0.25, 0.3) is 0 Å². The molecule has 5 nitrogen and oxygen atoms in total. The quantitative estimate of drug-likeness (QED) is 0.601. The van der Waals surface area contributed by atoms with Crippen LogP contribution in [-0.2, 0) is 19.4 Å². The molecule has 0 unspecified atom stereocenters. The molecule has 18 heavy (non-hydrogen) atoms. The average Bonchev–Trinajstić information content (AvgIpc) is 2.07. The van der Waals surface area contributed by atoms with E-state index in [1.54, 1.807) is 26.8 Å². The molecule has 0 saturated heterocycles. The number of rotatable bonds is 5. The van der Waals surface area contributed by atoms with Crippen molar-refractivity contribution in [3.05, 3.63) is 23.6 Å². The van der Waals surface area contributed by atoms with E-state index in [1.165, 1.54) is 12.2 Å². The lowest BCUT2D eigenvalue weighted by Gasteiger charge is -2.20. The third-order valence-corrected chi connectivity index (χ3v) is 2.27. The monoisotopic (exact) mass is 275 g/mol. The fourth-order valence-electron chi connectivity index (χ4n) is 1.04. The molecule has 0 heterocycles. The van der Waals surface area contributed by atoms with Crippen molar-refractivity contribution in [3.8, 4) is 0 Å². The van der Waals surface area contributed by atoms with Gasteiger partial charge >= 0.3 is 5.97 Å². The Hall–Kier alpha value is -1.14. The summed E-state index contributed by atoms with van der Waals surface area (Å²) in [5.41, 5.74) is 5.14. The summed E-state index contributed by atoms with van der Waals surface area (Å²) >= 11 is 0. The Balaban J connectivity index is 4.20. The Morgan fingerprint density at radius 2 is 1.89 bits per heavy atom. The molecule has 0 aromatic carbocycles. The summed E-state index contributed by atoms with van der Waals surface area (Å²) in [6.45, 7) is 5.34. The molecule has 0 amide bonds. The Morgan fingerprint density at radius 3 is 2.33 bits per heavy atom. The molecule has 0 aliphatic heterocycles. The van der Waals surface area contributed by atoms with Crippen LogP contribution in [0, 0.1) is 0 Å². The van der Waals surface area contributed by atoms with Crippen molar-refractivity contribution in [3.63, 3.8) is 0 Å². The van der Waals surface area contributed by atoms with E-state index in [0.717, 1.165) is 11.7 Å². The fraction of sp³-hybridized carbons (Fsp3) is 0.583. The Kier molecular flexibility index (Phi) is 6.28. The zero-order valence-electron chi connectivity index (χ0n) is 11.2. The highest BCUT2D eigenvalue weighted by atomic mass is 32.2. The van der Waals surface area contributed by atoms with Crippen LogP contribution in [0.3, 0.4) is 0 Å². The molecule has 0 radical (unpaired) electrons. The molecule has 0 fully saturated rings. The van der Waals surface area contributed by atoms with Gasteiger partial charge in [-0.15, -0.1) is 0 Å². The molecule has 0 aromatic heterocycles. The van der Waals surface area contributed by atoms with Crippen molar-refractivity contribution >= 4 is 15.8 Å². The third-order valence-electron chi connectivity index (χ3n) is 1.62. The average molecular weight is 275 g/mol. The van der Waals surface area contributed by atoms with Gasteiger partial charge in [0.15, 0.2) is 9.84 Å². The molecule has 0 aliphatic carbocycles. The summed E-state index contributed by atoms with van der Waals surface area (Å²) < 4.78 is 26.7. The first-order chi connectivity index (χ1) is 7.99. The van der Waals surface area contributed by atoms with E-state index in [4.69, 9.17) is 10.5 Å². The lowest BCUT2D eigenvalue weighted by Crippen LogP contribution is -2.29. The van der Waals surface area contributed by atoms with Crippen LogP contribution in [0.25, 0.3) is 0 Å². The summed E-state index contributed by atoms with van der Waals surface area (Å²) in [5, 5.41) is 1.06. The normalized spacial score (nSPS) is 15.2. The summed E-state index contributed by atoms with van der Waals surface area (Å²) in [4.78, 5) is 11.4. The highest BCUT2D eigenvalue weighted by Crippen LogP contribution is 2.09. The third kappa shape index (κ3) is 11.3. The molecule has 104 valence electrons. The molecule has 1 atom stereocenters. The minimum atomic E-state index is -3.13. The second kappa shape index (κ2) is 6.70. The SMILES string of the molecule is CC(C)(C)OC(=O)C[C@H](N)C=CC=CS(C)(=O)=O. The van der Waals surface area contributed by atoms with Gasteiger partial charge in [0.05, 0.1) is 6.42 Å². The van der Waals surface area contributed by atoms with Gasteiger partial charge in [0, 0.05) is 17.7 Å². The Labute approximate surface area is 109 Å².